The van der Waals surface area contributed by atoms with E-state index in [2.05, 4.69) is 27.1 Å². The van der Waals surface area contributed by atoms with Gasteiger partial charge in [0.15, 0.2) is 0 Å². The summed E-state index contributed by atoms with van der Waals surface area (Å²) >= 11 is 3.40. The quantitative estimate of drug-likeness (QED) is 0.811. The van der Waals surface area contributed by atoms with Crippen LogP contribution < -0.4 is 4.90 Å². The first-order chi connectivity index (χ1) is 9.05. The molecule has 19 heavy (non-hydrogen) atoms. The third-order valence-corrected chi connectivity index (χ3v) is 3.98. The zero-order valence-electron chi connectivity index (χ0n) is 10.3. The van der Waals surface area contributed by atoms with Crippen LogP contribution in [0.25, 0.3) is 5.52 Å². The Bertz CT molecular complexity index is 717. The van der Waals surface area contributed by atoms with Crippen molar-refractivity contribution < 1.29 is 4.79 Å². The largest absolute Gasteiger partial charge is 0.309 e. The number of carbonyl (C=O) groups excluding carboxylic acids is 1. The monoisotopic (exact) mass is 318 g/mol. The summed E-state index contributed by atoms with van der Waals surface area (Å²) in [5.74, 6) is -0.138. The van der Waals surface area contributed by atoms with Crippen LogP contribution in [0.1, 0.15) is 13.3 Å². The van der Waals surface area contributed by atoms with Crippen molar-refractivity contribution in [2.24, 2.45) is 5.41 Å². The molecule has 1 aliphatic heterocycles. The van der Waals surface area contributed by atoms with E-state index in [1.54, 1.807) is 22.5 Å². The van der Waals surface area contributed by atoms with Crippen molar-refractivity contribution in [2.45, 2.75) is 13.3 Å². The lowest BCUT2D eigenvalue weighted by atomic mass is 9.91. The number of amides is 1. The van der Waals surface area contributed by atoms with Crippen molar-refractivity contribution in [2.75, 3.05) is 11.4 Å². The third-order valence-electron chi connectivity index (χ3n) is 3.54. The molecule has 6 heteroatoms. The molecule has 1 aliphatic rings. The predicted octanol–water partition coefficient (Wildman–Crippen LogP) is 2.36. The van der Waals surface area contributed by atoms with Crippen molar-refractivity contribution in [3.63, 3.8) is 0 Å². The molecular weight excluding hydrogens is 308 g/mol. The SMILES string of the molecule is CC1(C#N)CCN(c2ccnn3cc(Br)cc23)C1=O. The van der Waals surface area contributed by atoms with Gasteiger partial charge in [-0.1, -0.05) is 0 Å². The summed E-state index contributed by atoms with van der Waals surface area (Å²) in [5.41, 5.74) is 0.735. The molecule has 3 heterocycles. The Morgan fingerprint density at radius 2 is 2.37 bits per heavy atom. The van der Waals surface area contributed by atoms with Crippen LogP contribution in [0.3, 0.4) is 0 Å². The lowest BCUT2D eigenvalue weighted by Gasteiger charge is -2.18. The van der Waals surface area contributed by atoms with Crippen LogP contribution in [-0.2, 0) is 4.79 Å². The number of nitrogens with zero attached hydrogens (tertiary/aromatic N) is 4. The highest BCUT2D eigenvalue weighted by atomic mass is 79.9. The van der Waals surface area contributed by atoms with Gasteiger partial charge in [0, 0.05) is 23.4 Å². The molecule has 1 fully saturated rings. The van der Waals surface area contributed by atoms with Gasteiger partial charge in [0.2, 0.25) is 5.91 Å². The Labute approximate surface area is 118 Å². The highest BCUT2D eigenvalue weighted by molar-refractivity contribution is 9.10. The van der Waals surface area contributed by atoms with E-state index in [4.69, 9.17) is 5.26 Å². The Hall–Kier alpha value is -1.87. The molecule has 5 nitrogen and oxygen atoms in total. The maximum atomic E-state index is 12.4. The second kappa shape index (κ2) is 4.07. The Morgan fingerprint density at radius 1 is 1.58 bits per heavy atom. The molecule has 0 aliphatic carbocycles. The van der Waals surface area contributed by atoms with Crippen LogP contribution in [0.15, 0.2) is 29.0 Å². The Morgan fingerprint density at radius 3 is 3.05 bits per heavy atom. The molecule has 2 aromatic rings. The van der Waals surface area contributed by atoms with E-state index in [-0.39, 0.29) is 5.91 Å². The minimum Gasteiger partial charge on any atom is -0.309 e. The van der Waals surface area contributed by atoms with Crippen LogP contribution in [-0.4, -0.2) is 22.1 Å². The van der Waals surface area contributed by atoms with Gasteiger partial charge in [0.05, 0.1) is 17.3 Å². The highest BCUT2D eigenvalue weighted by Crippen LogP contribution is 2.36. The molecular formula is C13H11BrN4O. The van der Waals surface area contributed by atoms with E-state index in [9.17, 15) is 4.79 Å². The van der Waals surface area contributed by atoms with Gasteiger partial charge in [0.1, 0.15) is 5.41 Å². The Kier molecular flexibility index (Phi) is 2.61. The molecule has 0 N–H and O–H groups in total. The van der Waals surface area contributed by atoms with Crippen molar-refractivity contribution in [1.82, 2.24) is 9.61 Å². The summed E-state index contributed by atoms with van der Waals surface area (Å²) in [6, 6.07) is 5.84. The summed E-state index contributed by atoms with van der Waals surface area (Å²) in [7, 11) is 0. The summed E-state index contributed by atoms with van der Waals surface area (Å²) in [6.45, 7) is 2.26. The number of anilines is 1. The summed E-state index contributed by atoms with van der Waals surface area (Å²) in [4.78, 5) is 14.0. The van der Waals surface area contributed by atoms with Gasteiger partial charge in [-0.05, 0) is 41.4 Å². The van der Waals surface area contributed by atoms with E-state index in [0.717, 1.165) is 15.7 Å². The van der Waals surface area contributed by atoms with Gasteiger partial charge in [-0.15, -0.1) is 0 Å². The molecule has 1 saturated heterocycles. The van der Waals surface area contributed by atoms with Gasteiger partial charge < -0.3 is 4.90 Å². The van der Waals surface area contributed by atoms with Crippen molar-refractivity contribution >= 4 is 33.0 Å². The van der Waals surface area contributed by atoms with E-state index >= 15 is 0 Å². The van der Waals surface area contributed by atoms with Crippen LogP contribution >= 0.6 is 15.9 Å². The molecule has 1 unspecified atom stereocenters. The Balaban J connectivity index is 2.12. The molecule has 0 saturated carbocycles. The number of hydrogen-bond donors (Lipinski definition) is 0. The average Bonchev–Trinajstić information content (AvgIpc) is 2.91. The molecule has 0 aromatic carbocycles. The minimum atomic E-state index is -0.913. The van der Waals surface area contributed by atoms with Crippen molar-refractivity contribution in [1.29, 1.82) is 5.26 Å². The van der Waals surface area contributed by atoms with Crippen molar-refractivity contribution in [3.8, 4) is 6.07 Å². The predicted molar refractivity (Wildman–Crippen MR) is 73.6 cm³/mol. The van der Waals surface area contributed by atoms with E-state index in [1.165, 1.54) is 0 Å². The number of halogens is 1. The molecule has 3 rings (SSSR count). The van der Waals surface area contributed by atoms with E-state index < -0.39 is 5.41 Å². The first-order valence-corrected chi connectivity index (χ1v) is 6.70. The fourth-order valence-electron chi connectivity index (χ4n) is 2.37. The molecule has 96 valence electrons. The summed E-state index contributed by atoms with van der Waals surface area (Å²) < 4.78 is 2.62. The zero-order valence-corrected chi connectivity index (χ0v) is 11.9. The smallest absolute Gasteiger partial charge is 0.247 e. The van der Waals surface area contributed by atoms with Crippen LogP contribution in [0, 0.1) is 16.7 Å². The van der Waals surface area contributed by atoms with E-state index in [0.29, 0.717) is 13.0 Å². The molecule has 0 spiro atoms. The summed E-state index contributed by atoms with van der Waals surface area (Å²) in [6.07, 6.45) is 4.05. The fraction of sp³-hybridized carbons (Fsp3) is 0.308. The zero-order chi connectivity index (χ0) is 13.6. The van der Waals surface area contributed by atoms with Gasteiger partial charge in [0.25, 0.3) is 0 Å². The van der Waals surface area contributed by atoms with Crippen molar-refractivity contribution in [3.05, 3.63) is 29.0 Å². The normalized spacial score (nSPS) is 23.0. The molecule has 0 radical (unpaired) electrons. The number of aromatic nitrogens is 2. The molecule has 0 bridgehead atoms. The molecule has 1 atom stereocenters. The standard InChI is InChI=1S/C13H11BrN4O/c1-13(8-15)3-5-17(12(13)19)10-2-4-16-18-7-9(14)6-11(10)18/h2,4,6-7H,3,5H2,1H3. The number of rotatable bonds is 1. The first-order valence-electron chi connectivity index (χ1n) is 5.91. The highest BCUT2D eigenvalue weighted by Gasteiger charge is 2.44. The minimum absolute atomic E-state index is 0.138. The summed E-state index contributed by atoms with van der Waals surface area (Å²) in [5, 5.41) is 13.4. The van der Waals surface area contributed by atoms with Crippen LogP contribution in [0.5, 0.6) is 0 Å². The number of nitriles is 1. The maximum absolute atomic E-state index is 12.4. The topological polar surface area (TPSA) is 61.4 Å². The number of fused-ring (bicyclic) bond motifs is 1. The maximum Gasteiger partial charge on any atom is 0.247 e. The van der Waals surface area contributed by atoms with Gasteiger partial charge >= 0.3 is 0 Å². The van der Waals surface area contributed by atoms with Gasteiger partial charge in [-0.25, -0.2) is 4.52 Å². The first kappa shape index (κ1) is 12.2. The van der Waals surface area contributed by atoms with Gasteiger partial charge in [-0.2, -0.15) is 10.4 Å². The van der Waals surface area contributed by atoms with E-state index in [1.807, 2.05) is 18.3 Å². The second-order valence-electron chi connectivity index (χ2n) is 4.86. The molecule has 1 amide bonds. The number of carbonyl (C=O) groups is 1. The van der Waals surface area contributed by atoms with Crippen LogP contribution in [0.4, 0.5) is 5.69 Å². The second-order valence-corrected chi connectivity index (χ2v) is 5.77. The lowest BCUT2D eigenvalue weighted by molar-refractivity contribution is -0.122. The average molecular weight is 319 g/mol. The number of hydrogen-bond acceptors (Lipinski definition) is 3. The van der Waals surface area contributed by atoms with Gasteiger partial charge in [-0.3, -0.25) is 4.79 Å². The lowest BCUT2D eigenvalue weighted by Crippen LogP contribution is -2.32. The third kappa shape index (κ3) is 1.73. The van der Waals surface area contributed by atoms with Crippen LogP contribution in [0.2, 0.25) is 0 Å². The fourth-order valence-corrected chi connectivity index (χ4v) is 2.78. The molecule has 2 aromatic heterocycles.